The van der Waals surface area contributed by atoms with Gasteiger partial charge in [0.1, 0.15) is 5.82 Å². The molecule has 0 aromatic heterocycles. The minimum atomic E-state index is -0.506. The van der Waals surface area contributed by atoms with Crippen LogP contribution < -0.4 is 5.73 Å². The molecule has 0 aliphatic heterocycles. The van der Waals surface area contributed by atoms with Crippen LogP contribution in [0.5, 0.6) is 0 Å². The van der Waals surface area contributed by atoms with Crippen LogP contribution in [0.1, 0.15) is 11.1 Å². The van der Waals surface area contributed by atoms with Crippen molar-refractivity contribution < 1.29 is 9.60 Å². The summed E-state index contributed by atoms with van der Waals surface area (Å²) < 4.78 is 13.8. The van der Waals surface area contributed by atoms with E-state index in [9.17, 15) is 4.39 Å². The molecular formula is C14H13FN2OS. The zero-order chi connectivity index (χ0) is 13.8. The van der Waals surface area contributed by atoms with Crippen molar-refractivity contribution in [2.75, 3.05) is 0 Å². The minimum Gasteiger partial charge on any atom is -0.409 e. The zero-order valence-corrected chi connectivity index (χ0v) is 11.1. The van der Waals surface area contributed by atoms with Crippen LogP contribution in [0.25, 0.3) is 0 Å². The van der Waals surface area contributed by atoms with Crippen LogP contribution in [0.15, 0.2) is 57.4 Å². The van der Waals surface area contributed by atoms with Gasteiger partial charge in [0.2, 0.25) is 0 Å². The highest BCUT2D eigenvalue weighted by Crippen LogP contribution is 2.33. The average molecular weight is 276 g/mol. The maximum Gasteiger partial charge on any atom is 0.174 e. The predicted molar refractivity (Wildman–Crippen MR) is 74.2 cm³/mol. The average Bonchev–Trinajstić information content (AvgIpc) is 2.41. The topological polar surface area (TPSA) is 58.6 Å². The minimum absolute atomic E-state index is 0.123. The third kappa shape index (κ3) is 2.88. The fourth-order valence-electron chi connectivity index (χ4n) is 1.68. The van der Waals surface area contributed by atoms with Gasteiger partial charge in [0.25, 0.3) is 0 Å². The molecule has 0 aliphatic carbocycles. The van der Waals surface area contributed by atoms with Crippen molar-refractivity contribution in [3.63, 3.8) is 0 Å². The first-order chi connectivity index (χ1) is 9.13. The van der Waals surface area contributed by atoms with E-state index in [2.05, 4.69) is 5.16 Å². The molecule has 0 saturated heterocycles. The second-order valence-corrected chi connectivity index (χ2v) is 5.05. The molecule has 0 amide bonds. The van der Waals surface area contributed by atoms with Gasteiger partial charge in [-0.25, -0.2) is 4.39 Å². The van der Waals surface area contributed by atoms with Gasteiger partial charge in [-0.1, -0.05) is 41.2 Å². The molecule has 5 heteroatoms. The summed E-state index contributed by atoms with van der Waals surface area (Å²) in [7, 11) is 0. The summed E-state index contributed by atoms with van der Waals surface area (Å²) in [5.41, 5.74) is 6.74. The lowest BCUT2D eigenvalue weighted by atomic mass is 10.2. The Morgan fingerprint density at radius 1 is 1.16 bits per heavy atom. The Morgan fingerprint density at radius 2 is 1.84 bits per heavy atom. The van der Waals surface area contributed by atoms with Crippen molar-refractivity contribution in [1.82, 2.24) is 0 Å². The first-order valence-electron chi connectivity index (χ1n) is 5.63. The van der Waals surface area contributed by atoms with Crippen molar-refractivity contribution in [1.29, 1.82) is 0 Å². The molecule has 98 valence electrons. The lowest BCUT2D eigenvalue weighted by molar-refractivity contribution is 0.318. The lowest BCUT2D eigenvalue weighted by Gasteiger charge is -2.10. The second-order valence-electron chi connectivity index (χ2n) is 3.97. The molecular weight excluding hydrogens is 263 g/mol. The van der Waals surface area contributed by atoms with E-state index in [0.717, 1.165) is 10.5 Å². The van der Waals surface area contributed by atoms with Crippen LogP contribution in [0.2, 0.25) is 0 Å². The highest BCUT2D eigenvalue weighted by molar-refractivity contribution is 7.99. The predicted octanol–water partition coefficient (Wildman–Crippen LogP) is 3.38. The van der Waals surface area contributed by atoms with Gasteiger partial charge in [-0.15, -0.1) is 0 Å². The van der Waals surface area contributed by atoms with Crippen molar-refractivity contribution in [3.05, 3.63) is 59.4 Å². The highest BCUT2D eigenvalue weighted by Gasteiger charge is 2.14. The number of benzene rings is 2. The normalized spacial score (nSPS) is 11.6. The molecule has 0 aliphatic rings. The molecule has 2 rings (SSSR count). The van der Waals surface area contributed by atoms with Crippen LogP contribution in [0, 0.1) is 12.7 Å². The molecule has 0 unspecified atom stereocenters. The number of nitrogens with two attached hydrogens (primary N) is 1. The van der Waals surface area contributed by atoms with Crippen molar-refractivity contribution >= 4 is 17.6 Å². The number of halogens is 1. The summed E-state index contributed by atoms with van der Waals surface area (Å²) >= 11 is 1.39. The molecule has 3 N–H and O–H groups in total. The fourth-order valence-corrected chi connectivity index (χ4v) is 2.74. The van der Waals surface area contributed by atoms with Crippen molar-refractivity contribution in [2.24, 2.45) is 10.9 Å². The summed E-state index contributed by atoms with van der Waals surface area (Å²) in [6, 6.07) is 12.4. The van der Waals surface area contributed by atoms with E-state index in [0.29, 0.717) is 4.90 Å². The molecule has 0 bridgehead atoms. The molecule has 0 atom stereocenters. The summed E-state index contributed by atoms with van der Waals surface area (Å²) in [6.45, 7) is 1.98. The highest BCUT2D eigenvalue weighted by atomic mass is 32.2. The number of hydrogen-bond donors (Lipinski definition) is 2. The summed E-state index contributed by atoms with van der Waals surface area (Å²) in [5, 5.41) is 11.6. The Hall–Kier alpha value is -2.01. The summed E-state index contributed by atoms with van der Waals surface area (Å²) in [5.74, 6) is -0.733. The van der Waals surface area contributed by atoms with E-state index < -0.39 is 5.82 Å². The van der Waals surface area contributed by atoms with E-state index in [4.69, 9.17) is 10.9 Å². The van der Waals surface area contributed by atoms with Gasteiger partial charge in [-0.3, -0.25) is 0 Å². The quantitative estimate of drug-likeness (QED) is 0.391. The molecule has 3 nitrogen and oxygen atoms in total. The van der Waals surface area contributed by atoms with Crippen LogP contribution in [0.4, 0.5) is 4.39 Å². The smallest absolute Gasteiger partial charge is 0.174 e. The number of oxime groups is 1. The summed E-state index contributed by atoms with van der Waals surface area (Å²) in [6.07, 6.45) is 0. The third-order valence-corrected chi connectivity index (χ3v) is 3.89. The van der Waals surface area contributed by atoms with Crippen LogP contribution in [0.3, 0.4) is 0 Å². The van der Waals surface area contributed by atoms with Gasteiger partial charge in [-0.2, -0.15) is 0 Å². The Balaban J connectivity index is 2.47. The van der Waals surface area contributed by atoms with Crippen LogP contribution in [-0.4, -0.2) is 11.0 Å². The van der Waals surface area contributed by atoms with Crippen molar-refractivity contribution in [2.45, 2.75) is 16.7 Å². The Morgan fingerprint density at radius 3 is 2.53 bits per heavy atom. The Kier molecular flexibility index (Phi) is 4.06. The molecule has 0 radical (unpaired) electrons. The zero-order valence-electron chi connectivity index (χ0n) is 10.3. The van der Waals surface area contributed by atoms with E-state index in [1.54, 1.807) is 12.1 Å². The molecule has 19 heavy (non-hydrogen) atoms. The van der Waals surface area contributed by atoms with Crippen LogP contribution >= 0.6 is 11.8 Å². The lowest BCUT2D eigenvalue weighted by Crippen LogP contribution is -2.16. The van der Waals surface area contributed by atoms with E-state index in [1.807, 2.05) is 31.2 Å². The van der Waals surface area contributed by atoms with Crippen molar-refractivity contribution in [3.8, 4) is 0 Å². The number of rotatable bonds is 3. The van der Waals surface area contributed by atoms with Gasteiger partial charge in [0, 0.05) is 9.79 Å². The maximum atomic E-state index is 13.8. The largest absolute Gasteiger partial charge is 0.409 e. The Labute approximate surface area is 114 Å². The SMILES string of the molecule is Cc1ccccc1Sc1cccc(F)c1C(N)=NO. The number of hydrogen-bond acceptors (Lipinski definition) is 3. The van der Waals surface area contributed by atoms with Gasteiger partial charge >= 0.3 is 0 Å². The van der Waals surface area contributed by atoms with Crippen LogP contribution in [-0.2, 0) is 0 Å². The van der Waals surface area contributed by atoms with E-state index in [1.165, 1.54) is 17.8 Å². The Bertz CT molecular complexity index is 629. The molecule has 0 saturated carbocycles. The van der Waals surface area contributed by atoms with Gasteiger partial charge in [0.15, 0.2) is 5.84 Å². The number of amidine groups is 1. The number of nitrogens with zero attached hydrogens (tertiary/aromatic N) is 1. The van der Waals surface area contributed by atoms with E-state index in [-0.39, 0.29) is 11.4 Å². The first kappa shape index (κ1) is 13.4. The standard InChI is InChI=1S/C14H13FN2OS/c1-9-5-2-3-7-11(9)19-12-8-4-6-10(15)13(12)14(16)17-18/h2-8,18H,1H3,(H2,16,17). The van der Waals surface area contributed by atoms with Gasteiger partial charge in [-0.05, 0) is 30.7 Å². The second kappa shape index (κ2) is 5.75. The van der Waals surface area contributed by atoms with Gasteiger partial charge in [0.05, 0.1) is 5.56 Å². The van der Waals surface area contributed by atoms with E-state index >= 15 is 0 Å². The molecule has 0 fully saturated rings. The monoisotopic (exact) mass is 276 g/mol. The third-order valence-electron chi connectivity index (χ3n) is 2.65. The number of aryl methyl sites for hydroxylation is 1. The summed E-state index contributed by atoms with van der Waals surface area (Å²) in [4.78, 5) is 1.62. The fraction of sp³-hybridized carbons (Fsp3) is 0.0714. The maximum absolute atomic E-state index is 13.8. The van der Waals surface area contributed by atoms with Gasteiger partial charge < -0.3 is 10.9 Å². The molecule has 0 heterocycles. The molecule has 2 aromatic rings. The first-order valence-corrected chi connectivity index (χ1v) is 6.45. The molecule has 2 aromatic carbocycles. The molecule has 0 spiro atoms.